The van der Waals surface area contributed by atoms with Crippen LogP contribution >= 0.6 is 0 Å². The van der Waals surface area contributed by atoms with Gasteiger partial charge >= 0.3 is 0 Å². The van der Waals surface area contributed by atoms with Gasteiger partial charge in [0.15, 0.2) is 0 Å². The van der Waals surface area contributed by atoms with E-state index in [1.807, 2.05) is 12.1 Å². The van der Waals surface area contributed by atoms with Crippen LogP contribution in [0.1, 0.15) is 11.1 Å². The molecule has 6 aromatic carbocycles. The predicted molar refractivity (Wildman–Crippen MR) is 170 cm³/mol. The smallest absolute Gasteiger partial charge is 0.242 e. The molecule has 0 unspecified atom stereocenters. The van der Waals surface area contributed by atoms with Crippen LogP contribution in [0.4, 0.5) is 0 Å². The lowest BCUT2D eigenvalue weighted by atomic mass is 9.39. The lowest BCUT2D eigenvalue weighted by molar-refractivity contribution is 0.475. The maximum absolute atomic E-state index is 9.80. The van der Waals surface area contributed by atoms with Gasteiger partial charge in [-0.15, -0.1) is 0 Å². The molecule has 0 atom stereocenters. The third kappa shape index (κ3) is 4.13. The van der Waals surface area contributed by atoms with Gasteiger partial charge in [0.25, 0.3) is 0 Å². The first-order chi connectivity index (χ1) is 19.6. The Morgan fingerprint density at radius 1 is 0.425 bits per heavy atom. The molecular weight excluding hydrogens is 483 g/mol. The van der Waals surface area contributed by atoms with Crippen LogP contribution in [0.2, 0.25) is 0 Å². The third-order valence-corrected chi connectivity index (χ3v) is 8.35. The maximum atomic E-state index is 9.80. The van der Waals surface area contributed by atoms with Gasteiger partial charge in [0.1, 0.15) is 5.75 Å². The molecule has 6 aromatic rings. The van der Waals surface area contributed by atoms with Crippen molar-refractivity contribution in [2.45, 2.75) is 13.8 Å². The highest BCUT2D eigenvalue weighted by Crippen LogP contribution is 2.34. The molecule has 0 fully saturated rings. The quantitative estimate of drug-likeness (QED) is 0.242. The molecule has 1 heterocycles. The number of hydrogen-bond donors (Lipinski definition) is 1. The van der Waals surface area contributed by atoms with Crippen LogP contribution < -0.4 is 16.4 Å². The van der Waals surface area contributed by atoms with Gasteiger partial charge in [0.2, 0.25) is 6.71 Å². The second-order valence-electron chi connectivity index (χ2n) is 10.8. The van der Waals surface area contributed by atoms with E-state index >= 15 is 0 Å². The Balaban J connectivity index is 1.36. The molecule has 0 saturated heterocycles. The van der Waals surface area contributed by atoms with E-state index in [2.05, 4.69) is 123 Å². The number of aryl methyl sites for hydroxylation is 2. The largest absolute Gasteiger partial charge is 0.508 e. The summed E-state index contributed by atoms with van der Waals surface area (Å²) in [5, 5.41) is 9.80. The van der Waals surface area contributed by atoms with Crippen molar-refractivity contribution in [2.24, 2.45) is 0 Å². The molecule has 0 aromatic heterocycles. The van der Waals surface area contributed by atoms with Gasteiger partial charge in [-0.25, -0.2) is 0 Å². The van der Waals surface area contributed by atoms with Crippen molar-refractivity contribution in [3.63, 3.8) is 0 Å². The van der Waals surface area contributed by atoms with E-state index in [0.29, 0.717) is 0 Å². The fourth-order valence-electron chi connectivity index (χ4n) is 6.29. The summed E-state index contributed by atoms with van der Waals surface area (Å²) in [5.41, 5.74) is 16.5. The van der Waals surface area contributed by atoms with Crippen molar-refractivity contribution in [1.82, 2.24) is 0 Å². The van der Waals surface area contributed by atoms with Gasteiger partial charge in [-0.3, -0.25) is 0 Å². The number of benzene rings is 6. The summed E-state index contributed by atoms with van der Waals surface area (Å²) in [6.45, 7) is 4.60. The summed E-state index contributed by atoms with van der Waals surface area (Å²) < 4.78 is 0. The van der Waals surface area contributed by atoms with Gasteiger partial charge in [-0.05, 0) is 93.7 Å². The molecule has 190 valence electrons. The van der Waals surface area contributed by atoms with Gasteiger partial charge in [-0.2, -0.15) is 0 Å². The number of phenolic OH excluding ortho intramolecular Hbond substituents is 1. The maximum Gasteiger partial charge on any atom is 0.242 e. The van der Waals surface area contributed by atoms with Crippen molar-refractivity contribution < 1.29 is 5.11 Å². The molecule has 0 aliphatic carbocycles. The lowest BCUT2D eigenvalue weighted by Crippen LogP contribution is -2.48. The Morgan fingerprint density at radius 2 is 0.950 bits per heavy atom. The van der Waals surface area contributed by atoms with E-state index in [-0.39, 0.29) is 12.5 Å². The minimum Gasteiger partial charge on any atom is -0.508 e. The summed E-state index contributed by atoms with van der Waals surface area (Å²) in [7, 11) is 0. The highest BCUT2D eigenvalue weighted by molar-refractivity contribution is 6.99. The first-order valence-corrected chi connectivity index (χ1v) is 13.9. The van der Waals surface area contributed by atoms with Crippen molar-refractivity contribution in [3.05, 3.63) is 145 Å². The summed E-state index contributed by atoms with van der Waals surface area (Å²) in [6.07, 6.45) is 0. The Hall–Kier alpha value is -4.82. The van der Waals surface area contributed by atoms with Crippen LogP contribution in [0.3, 0.4) is 0 Å². The second-order valence-corrected chi connectivity index (χ2v) is 10.8. The molecule has 40 heavy (non-hydrogen) atoms. The van der Waals surface area contributed by atoms with E-state index in [0.717, 1.165) is 11.1 Å². The average Bonchev–Trinajstić information content (AvgIpc) is 3.31. The molecule has 2 heteroatoms. The van der Waals surface area contributed by atoms with Crippen LogP contribution in [-0.4, -0.2) is 11.8 Å². The van der Waals surface area contributed by atoms with Crippen LogP contribution in [0.25, 0.3) is 44.5 Å². The predicted octanol–water partition coefficient (Wildman–Crippen LogP) is 7.51. The number of rotatable bonds is 4. The summed E-state index contributed by atoms with van der Waals surface area (Å²) in [4.78, 5) is 0. The zero-order valence-corrected chi connectivity index (χ0v) is 22.7. The molecule has 7 rings (SSSR count). The van der Waals surface area contributed by atoms with Crippen LogP contribution in [0.5, 0.6) is 5.75 Å². The van der Waals surface area contributed by atoms with Crippen molar-refractivity contribution in [3.8, 4) is 50.3 Å². The van der Waals surface area contributed by atoms with Crippen LogP contribution in [-0.2, 0) is 0 Å². The van der Waals surface area contributed by atoms with Gasteiger partial charge in [-0.1, -0.05) is 126 Å². The Labute approximate surface area is 236 Å². The van der Waals surface area contributed by atoms with Crippen molar-refractivity contribution in [1.29, 1.82) is 0 Å². The minimum atomic E-state index is 0.208. The van der Waals surface area contributed by atoms with Crippen LogP contribution in [0.15, 0.2) is 133 Å². The molecule has 1 N–H and O–H groups in total. The summed E-state index contributed by atoms with van der Waals surface area (Å²) in [5.74, 6) is 0.285. The van der Waals surface area contributed by atoms with Crippen molar-refractivity contribution >= 4 is 23.1 Å². The molecule has 1 aliphatic rings. The van der Waals surface area contributed by atoms with E-state index in [9.17, 15) is 5.11 Å². The normalized spacial score (nSPS) is 11.8. The third-order valence-electron chi connectivity index (χ3n) is 8.35. The molecule has 0 spiro atoms. The Morgan fingerprint density at radius 3 is 1.60 bits per heavy atom. The van der Waals surface area contributed by atoms with E-state index in [4.69, 9.17) is 0 Å². The zero-order valence-electron chi connectivity index (χ0n) is 22.7. The lowest BCUT2D eigenvalue weighted by Gasteiger charge is -2.13. The van der Waals surface area contributed by atoms with Gasteiger partial charge in [0.05, 0.1) is 0 Å². The standard InChI is InChI=1S/C38H29BO/c1-25-8-6-7-11-33(25)34-19-14-28(22-26(34)2)30-16-21-38-36(24-30)35-23-29(27-12-17-32(40)18-13-27)15-20-37(35)39(38)31-9-4-3-5-10-31/h3-24,40H,1-2H3. The van der Waals surface area contributed by atoms with E-state index < -0.39 is 0 Å². The fourth-order valence-corrected chi connectivity index (χ4v) is 6.29. The topological polar surface area (TPSA) is 20.2 Å². The highest BCUT2D eigenvalue weighted by Gasteiger charge is 2.33. The SMILES string of the molecule is Cc1ccccc1-c1ccc(-c2ccc3c(c2)-c2cc(-c4ccc(O)cc4)ccc2B3c2ccccc2)cc1C. The molecule has 1 aliphatic heterocycles. The molecule has 0 saturated carbocycles. The fraction of sp³-hybridized carbons (Fsp3) is 0.0526. The molecule has 0 amide bonds. The highest BCUT2D eigenvalue weighted by atomic mass is 16.3. The number of phenols is 1. The van der Waals surface area contributed by atoms with Gasteiger partial charge < -0.3 is 5.11 Å². The number of hydrogen-bond acceptors (Lipinski definition) is 1. The van der Waals surface area contributed by atoms with Gasteiger partial charge in [0, 0.05) is 0 Å². The molecular formula is C38H29BO. The summed E-state index contributed by atoms with van der Waals surface area (Å²) in [6, 6.07) is 47.5. The van der Waals surface area contributed by atoms with E-state index in [1.165, 1.54) is 60.9 Å². The molecule has 0 radical (unpaired) electrons. The molecule has 1 nitrogen and oxygen atoms in total. The Kier molecular flexibility index (Phi) is 5.90. The number of fused-ring (bicyclic) bond motifs is 3. The summed E-state index contributed by atoms with van der Waals surface area (Å²) >= 11 is 0. The second kappa shape index (κ2) is 9.74. The van der Waals surface area contributed by atoms with Crippen LogP contribution in [0, 0.1) is 13.8 Å². The molecule has 0 bridgehead atoms. The Bertz CT molecular complexity index is 1870. The first-order valence-electron chi connectivity index (χ1n) is 13.9. The first kappa shape index (κ1) is 24.2. The zero-order chi connectivity index (χ0) is 27.2. The van der Waals surface area contributed by atoms with Crippen molar-refractivity contribution in [2.75, 3.05) is 0 Å². The average molecular weight is 512 g/mol. The van der Waals surface area contributed by atoms with E-state index in [1.54, 1.807) is 12.1 Å². The number of aromatic hydroxyl groups is 1. The minimum absolute atomic E-state index is 0.208. The monoisotopic (exact) mass is 512 g/mol.